The van der Waals surface area contributed by atoms with Gasteiger partial charge >= 0.3 is 5.97 Å². The molecule has 9 nitrogen and oxygen atoms in total. The molecule has 31 heavy (non-hydrogen) atoms. The van der Waals surface area contributed by atoms with Crippen LogP contribution >= 0.6 is 0 Å². The predicted octanol–water partition coefficient (Wildman–Crippen LogP) is 2.56. The number of hydrogen-bond acceptors (Lipinski definition) is 7. The molecule has 0 amide bonds. The number of nitro groups is 1. The summed E-state index contributed by atoms with van der Waals surface area (Å²) >= 11 is 0. The number of benzene rings is 2. The van der Waals surface area contributed by atoms with Crippen LogP contribution in [0.25, 0.3) is 0 Å². The average molecular weight is 450 g/mol. The van der Waals surface area contributed by atoms with Crippen LogP contribution in [0.15, 0.2) is 53.4 Å². The number of non-ortho nitro benzene ring substituents is 1. The molecule has 1 saturated heterocycles. The Kier molecular flexibility index (Phi) is 6.76. The van der Waals surface area contributed by atoms with Gasteiger partial charge in [0.2, 0.25) is 15.8 Å². The standard InChI is InChI=1S/C20H19FN2O7S/c21-16-4-6-18(7-5-16)31(28,29)22-10-8-14(9-11-22)20(25)30-13-19(24)15-2-1-3-17(12-15)23(26)27/h1-7,12,14H,8-11,13H2. The number of sulfonamides is 1. The third kappa shape index (κ3) is 5.30. The first-order valence-corrected chi connectivity index (χ1v) is 10.8. The molecule has 0 N–H and O–H groups in total. The van der Waals surface area contributed by atoms with E-state index in [2.05, 4.69) is 0 Å². The molecule has 0 aromatic heterocycles. The van der Waals surface area contributed by atoms with Crippen LogP contribution in [0.5, 0.6) is 0 Å². The number of nitrogens with zero attached hydrogens (tertiary/aromatic N) is 2. The van der Waals surface area contributed by atoms with Crippen molar-refractivity contribution in [1.82, 2.24) is 4.31 Å². The molecule has 1 aliphatic rings. The molecule has 1 aliphatic heterocycles. The summed E-state index contributed by atoms with van der Waals surface area (Å²) in [7, 11) is -3.80. The van der Waals surface area contributed by atoms with Crippen molar-refractivity contribution in [1.29, 1.82) is 0 Å². The van der Waals surface area contributed by atoms with Gasteiger partial charge < -0.3 is 4.74 Å². The highest BCUT2D eigenvalue weighted by Gasteiger charge is 2.33. The smallest absolute Gasteiger partial charge is 0.309 e. The second kappa shape index (κ2) is 9.31. The van der Waals surface area contributed by atoms with Gasteiger partial charge in [-0.05, 0) is 37.1 Å². The SMILES string of the molecule is O=C(COC(=O)C1CCN(S(=O)(=O)c2ccc(F)cc2)CC1)c1cccc([N+](=O)[O-])c1. The molecule has 0 unspecified atom stereocenters. The fourth-order valence-corrected chi connectivity index (χ4v) is 4.69. The number of carbonyl (C=O) groups excluding carboxylic acids is 2. The molecular weight excluding hydrogens is 431 g/mol. The van der Waals surface area contributed by atoms with Gasteiger partial charge in [-0.25, -0.2) is 12.8 Å². The minimum absolute atomic E-state index is 0.0301. The van der Waals surface area contributed by atoms with Crippen molar-refractivity contribution in [3.63, 3.8) is 0 Å². The van der Waals surface area contributed by atoms with Gasteiger partial charge in [-0.15, -0.1) is 0 Å². The lowest BCUT2D eigenvalue weighted by Gasteiger charge is -2.30. The molecule has 0 spiro atoms. The topological polar surface area (TPSA) is 124 Å². The summed E-state index contributed by atoms with van der Waals surface area (Å²) in [6, 6.07) is 9.61. The summed E-state index contributed by atoms with van der Waals surface area (Å²) in [4.78, 5) is 34.6. The fraction of sp³-hybridized carbons (Fsp3) is 0.300. The van der Waals surface area contributed by atoms with Gasteiger partial charge in [-0.3, -0.25) is 19.7 Å². The van der Waals surface area contributed by atoms with E-state index in [9.17, 15) is 32.5 Å². The Labute approximate surface area is 177 Å². The van der Waals surface area contributed by atoms with Crippen molar-refractivity contribution in [3.05, 3.63) is 70.0 Å². The van der Waals surface area contributed by atoms with E-state index in [0.717, 1.165) is 18.2 Å². The molecule has 2 aromatic rings. The Morgan fingerprint density at radius 1 is 1.13 bits per heavy atom. The first-order valence-electron chi connectivity index (χ1n) is 9.38. The predicted molar refractivity (Wildman–Crippen MR) is 106 cm³/mol. The van der Waals surface area contributed by atoms with E-state index < -0.39 is 45.0 Å². The molecule has 0 radical (unpaired) electrons. The summed E-state index contributed by atoms with van der Waals surface area (Å²) in [5.74, 6) is -2.32. The largest absolute Gasteiger partial charge is 0.457 e. The number of carbonyl (C=O) groups is 2. The summed E-state index contributed by atoms with van der Waals surface area (Å²) in [6.45, 7) is -0.398. The molecule has 1 heterocycles. The Bertz CT molecular complexity index is 1090. The average Bonchev–Trinajstić information content (AvgIpc) is 2.77. The lowest BCUT2D eigenvalue weighted by Crippen LogP contribution is -2.40. The third-order valence-corrected chi connectivity index (χ3v) is 6.88. The van der Waals surface area contributed by atoms with Gasteiger partial charge in [0.05, 0.1) is 15.7 Å². The van der Waals surface area contributed by atoms with Gasteiger partial charge in [-0.1, -0.05) is 12.1 Å². The zero-order valence-corrected chi connectivity index (χ0v) is 17.1. The van der Waals surface area contributed by atoms with E-state index in [0.29, 0.717) is 0 Å². The molecule has 0 atom stereocenters. The van der Waals surface area contributed by atoms with Crippen molar-refractivity contribution in [3.8, 4) is 0 Å². The second-order valence-electron chi connectivity index (χ2n) is 6.97. The third-order valence-electron chi connectivity index (χ3n) is 4.96. The second-order valence-corrected chi connectivity index (χ2v) is 8.91. The van der Waals surface area contributed by atoms with Crippen molar-refractivity contribution in [2.24, 2.45) is 5.92 Å². The van der Waals surface area contributed by atoms with Gasteiger partial charge in [0, 0.05) is 30.8 Å². The van der Waals surface area contributed by atoms with Crippen LogP contribution < -0.4 is 0 Å². The van der Waals surface area contributed by atoms with Crippen LogP contribution in [0.4, 0.5) is 10.1 Å². The van der Waals surface area contributed by atoms with E-state index in [1.807, 2.05) is 0 Å². The van der Waals surface area contributed by atoms with E-state index in [4.69, 9.17) is 4.74 Å². The minimum atomic E-state index is -3.80. The first-order chi connectivity index (χ1) is 14.7. The van der Waals surface area contributed by atoms with Crippen LogP contribution in [0.1, 0.15) is 23.2 Å². The minimum Gasteiger partial charge on any atom is -0.457 e. The number of halogens is 1. The van der Waals surface area contributed by atoms with E-state index >= 15 is 0 Å². The van der Waals surface area contributed by atoms with Crippen molar-refractivity contribution in [2.45, 2.75) is 17.7 Å². The quantitative estimate of drug-likeness (QED) is 0.275. The van der Waals surface area contributed by atoms with Crippen LogP contribution in [0.2, 0.25) is 0 Å². The zero-order chi connectivity index (χ0) is 22.6. The summed E-state index contributed by atoms with van der Waals surface area (Å²) in [5.41, 5.74) is -0.186. The normalized spacial score (nSPS) is 15.4. The number of hydrogen-bond donors (Lipinski definition) is 0. The molecule has 0 bridgehead atoms. The molecule has 0 saturated carbocycles. The van der Waals surface area contributed by atoms with Crippen molar-refractivity contribution < 1.29 is 32.1 Å². The maximum absolute atomic E-state index is 13.0. The van der Waals surface area contributed by atoms with Crippen LogP contribution in [-0.4, -0.2) is 49.1 Å². The van der Waals surface area contributed by atoms with Gasteiger partial charge in [0.25, 0.3) is 5.69 Å². The van der Waals surface area contributed by atoms with E-state index in [1.165, 1.54) is 34.6 Å². The van der Waals surface area contributed by atoms with Gasteiger partial charge in [0.1, 0.15) is 5.82 Å². The summed E-state index contributed by atoms with van der Waals surface area (Å²) in [6.07, 6.45) is 0.425. The summed E-state index contributed by atoms with van der Waals surface area (Å²) < 4.78 is 44.5. The number of rotatable bonds is 7. The maximum atomic E-state index is 13.0. The monoisotopic (exact) mass is 450 g/mol. The highest BCUT2D eigenvalue weighted by atomic mass is 32.2. The Hall–Kier alpha value is -3.18. The number of ketones is 1. The number of nitro benzene ring substituents is 1. The highest BCUT2D eigenvalue weighted by Crippen LogP contribution is 2.25. The van der Waals surface area contributed by atoms with Crippen molar-refractivity contribution in [2.75, 3.05) is 19.7 Å². The number of esters is 1. The summed E-state index contributed by atoms with van der Waals surface area (Å²) in [5, 5.41) is 10.8. The van der Waals surface area contributed by atoms with E-state index in [-0.39, 0.29) is 42.1 Å². The maximum Gasteiger partial charge on any atom is 0.309 e. The Morgan fingerprint density at radius 2 is 1.77 bits per heavy atom. The number of piperidine rings is 1. The first kappa shape index (κ1) is 22.5. The molecule has 2 aromatic carbocycles. The number of Topliss-reactive ketones (excluding diaryl/α,β-unsaturated/α-hetero) is 1. The molecule has 164 valence electrons. The molecule has 0 aliphatic carbocycles. The van der Waals surface area contributed by atoms with Gasteiger partial charge in [0.15, 0.2) is 6.61 Å². The molecule has 3 rings (SSSR count). The van der Waals surface area contributed by atoms with Crippen LogP contribution in [-0.2, 0) is 19.6 Å². The fourth-order valence-electron chi connectivity index (χ4n) is 3.22. The zero-order valence-electron chi connectivity index (χ0n) is 16.3. The highest BCUT2D eigenvalue weighted by molar-refractivity contribution is 7.89. The Balaban J connectivity index is 1.53. The Morgan fingerprint density at radius 3 is 2.39 bits per heavy atom. The van der Waals surface area contributed by atoms with E-state index in [1.54, 1.807) is 0 Å². The van der Waals surface area contributed by atoms with Gasteiger partial charge in [-0.2, -0.15) is 4.31 Å². The molecular formula is C20H19FN2O7S. The number of ether oxygens (including phenoxy) is 1. The lowest BCUT2D eigenvalue weighted by atomic mass is 9.98. The molecule has 11 heteroatoms. The lowest BCUT2D eigenvalue weighted by molar-refractivity contribution is -0.384. The molecule has 1 fully saturated rings. The van der Waals surface area contributed by atoms with Crippen molar-refractivity contribution >= 4 is 27.5 Å². The van der Waals surface area contributed by atoms with Crippen LogP contribution in [0.3, 0.4) is 0 Å². The van der Waals surface area contributed by atoms with Crippen LogP contribution in [0, 0.1) is 21.8 Å².